The average Bonchev–Trinajstić information content (AvgIpc) is 2.35. The van der Waals surface area contributed by atoms with Gasteiger partial charge in [0, 0.05) is 5.92 Å². The molecule has 0 amide bonds. The lowest BCUT2D eigenvalue weighted by molar-refractivity contribution is -0.167. The van der Waals surface area contributed by atoms with E-state index >= 15 is 0 Å². The molecular formula is C14H17F3O3. The predicted molar refractivity (Wildman–Crippen MR) is 67.3 cm³/mol. The lowest BCUT2D eigenvalue weighted by Gasteiger charge is -2.35. The van der Waals surface area contributed by atoms with Gasteiger partial charge in [-0.3, -0.25) is 0 Å². The zero-order chi connectivity index (χ0) is 15.7. The van der Waals surface area contributed by atoms with E-state index in [1.54, 1.807) is 0 Å². The third kappa shape index (κ3) is 2.80. The number of aliphatic hydroxyl groups is 1. The Bertz CT molecular complexity index is 497. The monoisotopic (exact) mass is 290 g/mol. The predicted octanol–water partition coefficient (Wildman–Crippen LogP) is 3.28. The van der Waals surface area contributed by atoms with Crippen molar-refractivity contribution in [3.05, 3.63) is 35.4 Å². The van der Waals surface area contributed by atoms with Crippen LogP contribution in [-0.2, 0) is 11.0 Å². The quantitative estimate of drug-likeness (QED) is 0.894. The lowest BCUT2D eigenvalue weighted by Crippen LogP contribution is -2.48. The van der Waals surface area contributed by atoms with Crippen molar-refractivity contribution in [2.75, 3.05) is 0 Å². The van der Waals surface area contributed by atoms with Crippen molar-refractivity contribution in [2.24, 2.45) is 5.92 Å². The van der Waals surface area contributed by atoms with Gasteiger partial charge in [0.05, 0.1) is 5.56 Å². The molecule has 1 aromatic carbocycles. The van der Waals surface area contributed by atoms with E-state index in [-0.39, 0.29) is 5.56 Å². The molecule has 2 N–H and O–H groups in total. The number of carbonyl (C=O) groups is 1. The van der Waals surface area contributed by atoms with Gasteiger partial charge in [-0.05, 0) is 17.5 Å². The number of aliphatic carboxylic acids is 1. The molecule has 0 radical (unpaired) electrons. The van der Waals surface area contributed by atoms with Crippen LogP contribution in [0.4, 0.5) is 13.2 Å². The molecule has 0 aromatic heterocycles. The molecule has 2 unspecified atom stereocenters. The van der Waals surface area contributed by atoms with Crippen LogP contribution in [0, 0.1) is 5.92 Å². The van der Waals surface area contributed by atoms with E-state index in [0.29, 0.717) is 0 Å². The number of halogens is 3. The molecule has 0 bridgehead atoms. The molecule has 0 heterocycles. The molecular weight excluding hydrogens is 273 g/mol. The van der Waals surface area contributed by atoms with Gasteiger partial charge in [0.25, 0.3) is 0 Å². The normalized spacial score (nSPS) is 16.8. The van der Waals surface area contributed by atoms with Gasteiger partial charge in [-0.2, -0.15) is 13.2 Å². The van der Waals surface area contributed by atoms with Crippen molar-refractivity contribution < 1.29 is 28.2 Å². The first-order chi connectivity index (χ1) is 9.02. The van der Waals surface area contributed by atoms with Gasteiger partial charge in [0.1, 0.15) is 0 Å². The minimum Gasteiger partial charge on any atom is -0.479 e. The van der Waals surface area contributed by atoms with Gasteiger partial charge in [-0.15, -0.1) is 0 Å². The minimum atomic E-state index is -4.60. The van der Waals surface area contributed by atoms with E-state index in [0.717, 1.165) is 6.07 Å². The summed E-state index contributed by atoms with van der Waals surface area (Å²) in [6.45, 7) is 4.21. The van der Waals surface area contributed by atoms with Crippen LogP contribution in [0.3, 0.4) is 0 Å². The lowest BCUT2D eigenvalue weighted by atomic mass is 9.75. The first-order valence-corrected chi connectivity index (χ1v) is 6.14. The summed E-state index contributed by atoms with van der Waals surface area (Å²) >= 11 is 0. The van der Waals surface area contributed by atoms with E-state index in [9.17, 15) is 28.2 Å². The summed E-state index contributed by atoms with van der Waals surface area (Å²) in [5.74, 6) is -3.47. The van der Waals surface area contributed by atoms with Crippen LogP contribution in [0.15, 0.2) is 24.3 Å². The molecule has 0 aliphatic rings. The first-order valence-electron chi connectivity index (χ1n) is 6.14. The second kappa shape index (κ2) is 5.44. The molecule has 0 aliphatic carbocycles. The first kappa shape index (κ1) is 16.5. The van der Waals surface area contributed by atoms with Gasteiger partial charge in [-0.25, -0.2) is 4.79 Å². The summed E-state index contributed by atoms with van der Waals surface area (Å²) in [5, 5.41) is 19.5. The van der Waals surface area contributed by atoms with Crippen LogP contribution in [-0.4, -0.2) is 21.8 Å². The second-order valence-corrected chi connectivity index (χ2v) is 5.09. The van der Waals surface area contributed by atoms with Gasteiger partial charge in [0.2, 0.25) is 0 Å². The Balaban J connectivity index is 3.41. The Hall–Kier alpha value is -1.56. The van der Waals surface area contributed by atoms with Crippen molar-refractivity contribution in [3.63, 3.8) is 0 Å². The van der Waals surface area contributed by atoms with Gasteiger partial charge >= 0.3 is 12.1 Å². The Morgan fingerprint density at radius 3 is 2.05 bits per heavy atom. The molecule has 2 atom stereocenters. The maximum atomic E-state index is 13.0. The Labute approximate surface area is 115 Å². The molecule has 0 saturated carbocycles. The number of rotatable bonds is 4. The number of benzene rings is 1. The maximum Gasteiger partial charge on any atom is 0.416 e. The van der Waals surface area contributed by atoms with E-state index in [1.807, 2.05) is 0 Å². The Kier molecular flexibility index (Phi) is 4.49. The zero-order valence-electron chi connectivity index (χ0n) is 11.4. The topological polar surface area (TPSA) is 57.5 Å². The van der Waals surface area contributed by atoms with Crippen molar-refractivity contribution >= 4 is 5.97 Å². The number of hydrogen-bond donors (Lipinski definition) is 2. The van der Waals surface area contributed by atoms with Crippen molar-refractivity contribution in [1.82, 2.24) is 0 Å². The van der Waals surface area contributed by atoms with E-state index in [2.05, 4.69) is 0 Å². The molecule has 112 valence electrons. The molecule has 3 nitrogen and oxygen atoms in total. The highest BCUT2D eigenvalue weighted by atomic mass is 19.4. The molecule has 1 aromatic rings. The summed E-state index contributed by atoms with van der Waals surface area (Å²) in [5.41, 5.74) is -3.41. The summed E-state index contributed by atoms with van der Waals surface area (Å²) in [7, 11) is 0. The highest BCUT2D eigenvalue weighted by Crippen LogP contribution is 2.41. The smallest absolute Gasteiger partial charge is 0.416 e. The fraction of sp³-hybridized carbons (Fsp3) is 0.500. The van der Waals surface area contributed by atoms with Crippen LogP contribution in [0.5, 0.6) is 0 Å². The number of hydrogen-bond acceptors (Lipinski definition) is 2. The van der Waals surface area contributed by atoms with Crippen LogP contribution < -0.4 is 0 Å². The molecule has 1 rings (SSSR count). The van der Waals surface area contributed by atoms with Crippen molar-refractivity contribution in [1.29, 1.82) is 0 Å². The third-order valence-corrected chi connectivity index (χ3v) is 3.62. The average molecular weight is 290 g/mol. The number of carboxylic acids is 1. The van der Waals surface area contributed by atoms with Crippen LogP contribution >= 0.6 is 0 Å². The number of alkyl halides is 3. The zero-order valence-corrected chi connectivity index (χ0v) is 11.4. The highest BCUT2D eigenvalue weighted by Gasteiger charge is 2.47. The SMILES string of the molecule is CC(C)C(O)(C(=O)O)C(C)c1ccccc1C(F)(F)F. The Morgan fingerprint density at radius 1 is 1.15 bits per heavy atom. The molecule has 0 saturated heterocycles. The third-order valence-electron chi connectivity index (χ3n) is 3.62. The standard InChI is InChI=1S/C14H17F3O3/c1-8(2)13(20,12(18)19)9(3)10-6-4-5-7-11(10)14(15,16)17/h4-9,20H,1-3H3,(H,18,19). The largest absolute Gasteiger partial charge is 0.479 e. The van der Waals surface area contributed by atoms with Gasteiger partial charge in [-0.1, -0.05) is 39.0 Å². The summed E-state index contributed by atoms with van der Waals surface area (Å²) < 4.78 is 38.9. The van der Waals surface area contributed by atoms with Crippen molar-refractivity contribution in [3.8, 4) is 0 Å². The van der Waals surface area contributed by atoms with E-state index in [4.69, 9.17) is 0 Å². The molecule has 6 heteroatoms. The summed E-state index contributed by atoms with van der Waals surface area (Å²) in [6, 6.07) is 4.70. The maximum absolute atomic E-state index is 13.0. The van der Waals surface area contributed by atoms with Crippen LogP contribution in [0.25, 0.3) is 0 Å². The number of carboxylic acid groups (broad SMARTS) is 1. The van der Waals surface area contributed by atoms with E-state index in [1.165, 1.54) is 39.0 Å². The minimum absolute atomic E-state index is 0.224. The molecule has 0 aliphatic heterocycles. The molecule has 20 heavy (non-hydrogen) atoms. The van der Waals surface area contributed by atoms with Crippen LogP contribution in [0.2, 0.25) is 0 Å². The fourth-order valence-electron chi connectivity index (χ4n) is 2.30. The Morgan fingerprint density at radius 2 is 1.65 bits per heavy atom. The highest BCUT2D eigenvalue weighted by molar-refractivity contribution is 5.79. The van der Waals surface area contributed by atoms with Crippen molar-refractivity contribution in [2.45, 2.75) is 38.5 Å². The van der Waals surface area contributed by atoms with Gasteiger partial charge < -0.3 is 10.2 Å². The summed E-state index contributed by atoms with van der Waals surface area (Å²) in [4.78, 5) is 11.3. The van der Waals surface area contributed by atoms with E-state index < -0.39 is 35.1 Å². The van der Waals surface area contributed by atoms with Gasteiger partial charge in [0.15, 0.2) is 5.60 Å². The molecule has 0 spiro atoms. The second-order valence-electron chi connectivity index (χ2n) is 5.09. The molecule has 0 fully saturated rings. The summed E-state index contributed by atoms with van der Waals surface area (Å²) in [6.07, 6.45) is -4.60. The fourth-order valence-corrected chi connectivity index (χ4v) is 2.30. The van der Waals surface area contributed by atoms with Crippen LogP contribution in [0.1, 0.15) is 37.8 Å².